The van der Waals surface area contributed by atoms with Gasteiger partial charge in [-0.2, -0.15) is 0 Å². The van der Waals surface area contributed by atoms with E-state index in [1.165, 1.54) is 17.7 Å². The van der Waals surface area contributed by atoms with Crippen molar-refractivity contribution in [2.75, 3.05) is 52.4 Å². The lowest BCUT2D eigenvalue weighted by atomic mass is 10.1. The number of carbonyl (C=O) groups is 1. The van der Waals surface area contributed by atoms with Gasteiger partial charge in [-0.1, -0.05) is 6.07 Å². The number of rotatable bonds is 5. The monoisotopic (exact) mass is 414 g/mol. The van der Waals surface area contributed by atoms with E-state index < -0.39 is 0 Å². The highest BCUT2D eigenvalue weighted by atomic mass is 32.1. The molecule has 0 aliphatic carbocycles. The van der Waals surface area contributed by atoms with Crippen LogP contribution in [0, 0.1) is 0 Å². The molecule has 1 aliphatic heterocycles. The largest absolute Gasteiger partial charge is 0.493 e. The minimum Gasteiger partial charge on any atom is -0.493 e. The molecule has 152 valence electrons. The van der Waals surface area contributed by atoms with Crippen LogP contribution in [-0.2, 0) is 0 Å². The van der Waals surface area contributed by atoms with Crippen molar-refractivity contribution in [1.82, 2.24) is 14.9 Å². The summed E-state index contributed by atoms with van der Waals surface area (Å²) in [4.78, 5) is 26.3. The first kappa shape index (κ1) is 19.3. The molecule has 0 atom stereocenters. The van der Waals surface area contributed by atoms with Gasteiger partial charge < -0.3 is 24.0 Å². The summed E-state index contributed by atoms with van der Waals surface area (Å²) >= 11 is 1.47. The third-order valence-corrected chi connectivity index (χ3v) is 5.87. The van der Waals surface area contributed by atoms with Gasteiger partial charge in [0.05, 0.1) is 31.6 Å². The maximum atomic E-state index is 12.6. The van der Waals surface area contributed by atoms with E-state index >= 15 is 0 Å². The number of methoxy groups -OCH3 is 3. The number of ether oxygens (including phenoxy) is 3. The number of amides is 1. The molecule has 0 bridgehead atoms. The van der Waals surface area contributed by atoms with Crippen molar-refractivity contribution in [2.45, 2.75) is 0 Å². The van der Waals surface area contributed by atoms with Gasteiger partial charge in [-0.05, 0) is 17.5 Å². The minimum absolute atomic E-state index is 0.0836. The molecular formula is C20H22N4O4S. The molecular weight excluding hydrogens is 392 g/mol. The van der Waals surface area contributed by atoms with E-state index in [0.717, 1.165) is 16.1 Å². The number of fused-ring (bicyclic) bond motifs is 1. The third-order valence-electron chi connectivity index (χ3n) is 5.01. The minimum atomic E-state index is 0.0836. The molecule has 2 aromatic heterocycles. The molecule has 1 aromatic carbocycles. The van der Waals surface area contributed by atoms with Crippen LogP contribution in [-0.4, -0.2) is 68.3 Å². The average Bonchev–Trinajstić information content (AvgIpc) is 3.31. The van der Waals surface area contributed by atoms with Crippen LogP contribution >= 0.6 is 11.3 Å². The van der Waals surface area contributed by atoms with Gasteiger partial charge in [0.15, 0.2) is 11.5 Å². The summed E-state index contributed by atoms with van der Waals surface area (Å²) in [6.07, 6.45) is 1.52. The Labute approximate surface area is 172 Å². The molecule has 4 rings (SSSR count). The van der Waals surface area contributed by atoms with Crippen molar-refractivity contribution >= 4 is 34.0 Å². The van der Waals surface area contributed by atoms with Gasteiger partial charge in [0, 0.05) is 26.2 Å². The first-order chi connectivity index (χ1) is 14.2. The number of anilines is 1. The van der Waals surface area contributed by atoms with Crippen LogP contribution in [0.2, 0.25) is 0 Å². The van der Waals surface area contributed by atoms with Crippen LogP contribution < -0.4 is 19.1 Å². The van der Waals surface area contributed by atoms with Gasteiger partial charge in [0.25, 0.3) is 5.91 Å². The van der Waals surface area contributed by atoms with Crippen LogP contribution in [0.5, 0.6) is 17.2 Å². The molecule has 9 heteroatoms. The third kappa shape index (κ3) is 3.42. The number of benzene rings is 1. The molecule has 1 saturated heterocycles. The fourth-order valence-electron chi connectivity index (χ4n) is 3.58. The van der Waals surface area contributed by atoms with E-state index in [2.05, 4.69) is 14.9 Å². The topological polar surface area (TPSA) is 77.0 Å². The first-order valence-corrected chi connectivity index (χ1v) is 10.1. The van der Waals surface area contributed by atoms with Crippen LogP contribution in [0.4, 0.5) is 5.82 Å². The normalized spacial score (nSPS) is 14.2. The zero-order valence-electron chi connectivity index (χ0n) is 16.5. The fourth-order valence-corrected chi connectivity index (χ4v) is 4.27. The summed E-state index contributed by atoms with van der Waals surface area (Å²) in [6, 6.07) is 5.63. The fraction of sp³-hybridized carbons (Fsp3) is 0.350. The van der Waals surface area contributed by atoms with Gasteiger partial charge >= 0.3 is 0 Å². The molecule has 29 heavy (non-hydrogen) atoms. The van der Waals surface area contributed by atoms with E-state index in [1.54, 1.807) is 21.3 Å². The molecule has 1 aliphatic rings. The smallest absolute Gasteiger partial charge is 0.264 e. The van der Waals surface area contributed by atoms with E-state index in [4.69, 9.17) is 14.2 Å². The van der Waals surface area contributed by atoms with Crippen LogP contribution in [0.1, 0.15) is 9.67 Å². The van der Waals surface area contributed by atoms with E-state index in [0.29, 0.717) is 48.9 Å². The molecule has 3 heterocycles. The summed E-state index contributed by atoms with van der Waals surface area (Å²) in [6.45, 7) is 2.62. The van der Waals surface area contributed by atoms with Crippen molar-refractivity contribution in [3.05, 3.63) is 34.8 Å². The Morgan fingerprint density at radius 1 is 1.03 bits per heavy atom. The Bertz CT molecular complexity index is 1020. The van der Waals surface area contributed by atoms with Crippen molar-refractivity contribution in [3.8, 4) is 17.2 Å². The predicted molar refractivity (Wildman–Crippen MR) is 112 cm³/mol. The lowest BCUT2D eigenvalue weighted by Crippen LogP contribution is -2.49. The predicted octanol–water partition coefficient (Wildman–Crippen LogP) is 2.68. The Morgan fingerprint density at radius 3 is 2.41 bits per heavy atom. The highest BCUT2D eigenvalue weighted by Crippen LogP contribution is 2.44. The lowest BCUT2D eigenvalue weighted by molar-refractivity contribution is 0.0751. The number of piperazine rings is 1. The van der Waals surface area contributed by atoms with Gasteiger partial charge in [-0.15, -0.1) is 11.3 Å². The van der Waals surface area contributed by atoms with Crippen LogP contribution in [0.25, 0.3) is 10.9 Å². The van der Waals surface area contributed by atoms with Gasteiger partial charge in [-0.3, -0.25) is 4.79 Å². The zero-order valence-corrected chi connectivity index (χ0v) is 17.4. The van der Waals surface area contributed by atoms with Crippen molar-refractivity contribution in [1.29, 1.82) is 0 Å². The molecule has 3 aromatic rings. The molecule has 0 unspecified atom stereocenters. The lowest BCUT2D eigenvalue weighted by Gasteiger charge is -2.35. The summed E-state index contributed by atoms with van der Waals surface area (Å²) in [5.41, 5.74) is 0.659. The Morgan fingerprint density at radius 2 is 1.79 bits per heavy atom. The van der Waals surface area contributed by atoms with Gasteiger partial charge in [-0.25, -0.2) is 9.97 Å². The second kappa shape index (κ2) is 8.12. The highest BCUT2D eigenvalue weighted by molar-refractivity contribution is 7.12. The Kier molecular flexibility index (Phi) is 5.39. The van der Waals surface area contributed by atoms with Crippen molar-refractivity contribution in [3.63, 3.8) is 0 Å². The number of thiophene rings is 1. The summed E-state index contributed by atoms with van der Waals surface area (Å²) in [5.74, 6) is 2.44. The second-order valence-electron chi connectivity index (χ2n) is 6.50. The molecule has 1 fully saturated rings. The number of aromatic nitrogens is 2. The number of carbonyl (C=O) groups excluding carboxylic acids is 1. The van der Waals surface area contributed by atoms with E-state index in [1.807, 2.05) is 28.5 Å². The number of hydrogen-bond acceptors (Lipinski definition) is 8. The standard InChI is InChI=1S/C20H22N4O4S/c1-26-14-11-13-16(18(28-3)17(14)27-2)21-12-22-19(13)23-6-8-24(9-7-23)20(25)15-5-4-10-29-15/h4-5,10-12H,6-9H2,1-3H3. The quantitative estimate of drug-likeness (QED) is 0.635. The summed E-state index contributed by atoms with van der Waals surface area (Å²) in [7, 11) is 4.73. The molecule has 8 nitrogen and oxygen atoms in total. The van der Waals surface area contributed by atoms with Crippen molar-refractivity contribution < 1.29 is 19.0 Å². The maximum Gasteiger partial charge on any atom is 0.264 e. The van der Waals surface area contributed by atoms with E-state index in [9.17, 15) is 4.79 Å². The van der Waals surface area contributed by atoms with Crippen molar-refractivity contribution in [2.24, 2.45) is 0 Å². The first-order valence-electron chi connectivity index (χ1n) is 9.19. The van der Waals surface area contributed by atoms with Gasteiger partial charge in [0.2, 0.25) is 5.75 Å². The molecule has 0 spiro atoms. The van der Waals surface area contributed by atoms with Crippen LogP contribution in [0.15, 0.2) is 29.9 Å². The van der Waals surface area contributed by atoms with Gasteiger partial charge in [0.1, 0.15) is 17.7 Å². The van der Waals surface area contributed by atoms with E-state index in [-0.39, 0.29) is 5.91 Å². The zero-order chi connectivity index (χ0) is 20.4. The Balaban J connectivity index is 1.64. The second-order valence-corrected chi connectivity index (χ2v) is 7.44. The number of hydrogen-bond donors (Lipinski definition) is 0. The highest BCUT2D eigenvalue weighted by Gasteiger charge is 2.26. The Hall–Kier alpha value is -3.07. The average molecular weight is 414 g/mol. The maximum absolute atomic E-state index is 12.6. The molecule has 0 N–H and O–H groups in total. The summed E-state index contributed by atoms with van der Waals surface area (Å²) in [5, 5.41) is 2.74. The SMILES string of the molecule is COc1cc2c(N3CCN(C(=O)c4cccs4)CC3)ncnc2c(OC)c1OC. The molecule has 0 saturated carbocycles. The van der Waals surface area contributed by atoms with Crippen LogP contribution in [0.3, 0.4) is 0 Å². The molecule has 1 amide bonds. The summed E-state index contributed by atoms with van der Waals surface area (Å²) < 4.78 is 16.5. The number of nitrogens with zero attached hydrogens (tertiary/aromatic N) is 4. The molecule has 0 radical (unpaired) electrons.